The maximum atomic E-state index is 12.3. The fraction of sp³-hybridized carbons (Fsp3) is 0.333. The van der Waals surface area contributed by atoms with Crippen molar-refractivity contribution >= 4 is 22.9 Å². The van der Waals surface area contributed by atoms with Crippen LogP contribution >= 0.6 is 11.3 Å². The first-order chi connectivity index (χ1) is 9.63. The number of hydrogen-bond acceptors (Lipinski definition) is 3. The molecule has 0 N–H and O–H groups in total. The molecule has 0 bridgehead atoms. The first-order valence-electron chi connectivity index (χ1n) is 6.63. The molecule has 0 aliphatic heterocycles. The highest BCUT2D eigenvalue weighted by atomic mass is 32.1. The van der Waals surface area contributed by atoms with E-state index in [1.807, 2.05) is 49.6 Å². The SMILES string of the molecule is CCN(C(=O)CCn1c(C)csc1=O)c1ccccc1. The number of amides is 1. The van der Waals surface area contributed by atoms with E-state index >= 15 is 0 Å². The minimum atomic E-state index is -0.00180. The first-order valence-corrected chi connectivity index (χ1v) is 7.51. The Hall–Kier alpha value is -1.88. The maximum absolute atomic E-state index is 12.3. The Morgan fingerprint density at radius 2 is 2.00 bits per heavy atom. The zero-order valence-electron chi connectivity index (χ0n) is 11.7. The van der Waals surface area contributed by atoms with E-state index in [4.69, 9.17) is 0 Å². The molecule has 0 aliphatic rings. The summed E-state index contributed by atoms with van der Waals surface area (Å²) in [5.74, 6) is 0.0381. The predicted molar refractivity (Wildman–Crippen MR) is 82.4 cm³/mol. The fourth-order valence-corrected chi connectivity index (χ4v) is 2.89. The monoisotopic (exact) mass is 290 g/mol. The van der Waals surface area contributed by atoms with Gasteiger partial charge in [0.1, 0.15) is 0 Å². The van der Waals surface area contributed by atoms with Crippen molar-refractivity contribution in [2.75, 3.05) is 11.4 Å². The summed E-state index contributed by atoms with van der Waals surface area (Å²) in [4.78, 5) is 25.7. The zero-order valence-corrected chi connectivity index (χ0v) is 12.5. The van der Waals surface area contributed by atoms with Gasteiger partial charge in [-0.25, -0.2) is 0 Å². The number of hydrogen-bond donors (Lipinski definition) is 0. The van der Waals surface area contributed by atoms with Gasteiger partial charge in [0.15, 0.2) is 0 Å². The van der Waals surface area contributed by atoms with Crippen LogP contribution in [0, 0.1) is 6.92 Å². The van der Waals surface area contributed by atoms with Gasteiger partial charge < -0.3 is 9.47 Å². The van der Waals surface area contributed by atoms with Gasteiger partial charge in [-0.2, -0.15) is 0 Å². The van der Waals surface area contributed by atoms with Crippen molar-refractivity contribution in [1.29, 1.82) is 0 Å². The minimum absolute atomic E-state index is 0.00180. The second kappa shape index (κ2) is 6.52. The van der Waals surface area contributed by atoms with Gasteiger partial charge in [0.25, 0.3) is 0 Å². The second-order valence-corrected chi connectivity index (χ2v) is 5.34. The van der Waals surface area contributed by atoms with Gasteiger partial charge in [-0.1, -0.05) is 29.5 Å². The van der Waals surface area contributed by atoms with Crippen molar-refractivity contribution in [3.63, 3.8) is 0 Å². The van der Waals surface area contributed by atoms with E-state index in [1.54, 1.807) is 9.47 Å². The summed E-state index contributed by atoms with van der Waals surface area (Å²) in [6.07, 6.45) is 0.334. The molecular formula is C15H18N2O2S. The Morgan fingerprint density at radius 3 is 2.55 bits per heavy atom. The van der Waals surface area contributed by atoms with Crippen molar-refractivity contribution in [2.24, 2.45) is 0 Å². The number of carbonyl (C=O) groups is 1. The van der Waals surface area contributed by atoms with Crippen molar-refractivity contribution in [2.45, 2.75) is 26.8 Å². The number of benzene rings is 1. The number of anilines is 1. The lowest BCUT2D eigenvalue weighted by molar-refractivity contribution is -0.118. The lowest BCUT2D eigenvalue weighted by atomic mass is 10.2. The third kappa shape index (κ3) is 3.17. The summed E-state index contributed by atoms with van der Waals surface area (Å²) < 4.78 is 1.65. The normalized spacial score (nSPS) is 10.5. The van der Waals surface area contributed by atoms with Crippen LogP contribution in [-0.2, 0) is 11.3 Å². The van der Waals surface area contributed by atoms with Crippen LogP contribution in [0.3, 0.4) is 0 Å². The average molecular weight is 290 g/mol. The molecule has 1 aromatic heterocycles. The summed E-state index contributed by atoms with van der Waals surface area (Å²) in [6.45, 7) is 4.90. The van der Waals surface area contributed by atoms with Crippen LogP contribution in [0.5, 0.6) is 0 Å². The highest BCUT2D eigenvalue weighted by molar-refractivity contribution is 7.07. The van der Waals surface area contributed by atoms with E-state index in [9.17, 15) is 9.59 Å². The van der Waals surface area contributed by atoms with Gasteiger partial charge in [0.2, 0.25) is 5.91 Å². The van der Waals surface area contributed by atoms with E-state index in [2.05, 4.69) is 0 Å². The molecule has 0 unspecified atom stereocenters. The number of rotatable bonds is 5. The largest absolute Gasteiger partial charge is 0.313 e. The van der Waals surface area contributed by atoms with Gasteiger partial charge in [0.05, 0.1) is 0 Å². The summed E-state index contributed by atoms with van der Waals surface area (Å²) in [7, 11) is 0. The molecule has 4 nitrogen and oxygen atoms in total. The Balaban J connectivity index is 2.06. The van der Waals surface area contributed by atoms with Crippen molar-refractivity contribution in [3.05, 3.63) is 51.1 Å². The van der Waals surface area contributed by atoms with Crippen LogP contribution in [0.1, 0.15) is 19.0 Å². The summed E-state index contributed by atoms with van der Waals surface area (Å²) in [5.41, 5.74) is 1.81. The van der Waals surface area contributed by atoms with Gasteiger partial charge in [-0.15, -0.1) is 0 Å². The molecule has 1 aromatic carbocycles. The molecule has 1 amide bonds. The Bertz CT molecular complexity index is 631. The Labute approximate surface area is 122 Å². The van der Waals surface area contributed by atoms with Gasteiger partial charge in [-0.3, -0.25) is 9.59 Å². The number of aryl methyl sites for hydroxylation is 1. The van der Waals surface area contributed by atoms with Gasteiger partial charge in [-0.05, 0) is 26.0 Å². The van der Waals surface area contributed by atoms with Crippen LogP contribution in [-0.4, -0.2) is 17.0 Å². The lowest BCUT2D eigenvalue weighted by Crippen LogP contribution is -2.32. The van der Waals surface area contributed by atoms with E-state index in [1.165, 1.54) is 11.3 Å². The van der Waals surface area contributed by atoms with Crippen LogP contribution in [0.4, 0.5) is 5.69 Å². The standard InChI is InChI=1S/C15H18N2O2S/c1-3-16(13-7-5-4-6-8-13)14(18)9-10-17-12(2)11-20-15(17)19/h4-8,11H,3,9-10H2,1-2H3. The summed E-state index contributed by atoms with van der Waals surface area (Å²) in [5, 5.41) is 1.82. The number of thiazole rings is 1. The number of carbonyl (C=O) groups excluding carboxylic acids is 1. The van der Waals surface area contributed by atoms with Gasteiger partial charge in [0, 0.05) is 36.3 Å². The molecule has 2 aromatic rings. The minimum Gasteiger partial charge on any atom is -0.313 e. The molecule has 106 valence electrons. The average Bonchev–Trinajstić information content (AvgIpc) is 2.78. The number of aromatic nitrogens is 1. The van der Waals surface area contributed by atoms with Crippen LogP contribution in [0.25, 0.3) is 0 Å². The maximum Gasteiger partial charge on any atom is 0.307 e. The highest BCUT2D eigenvalue weighted by Gasteiger charge is 2.14. The molecule has 20 heavy (non-hydrogen) atoms. The van der Waals surface area contributed by atoms with E-state index in [-0.39, 0.29) is 10.8 Å². The topological polar surface area (TPSA) is 42.3 Å². The molecular weight excluding hydrogens is 272 g/mol. The predicted octanol–water partition coefficient (Wildman–Crippen LogP) is 2.66. The van der Waals surface area contributed by atoms with Crippen LogP contribution in [0.2, 0.25) is 0 Å². The molecule has 2 rings (SSSR count). The Kier molecular flexibility index (Phi) is 4.74. The van der Waals surface area contributed by atoms with E-state index < -0.39 is 0 Å². The highest BCUT2D eigenvalue weighted by Crippen LogP contribution is 2.14. The molecule has 0 fully saturated rings. The number of nitrogens with zero attached hydrogens (tertiary/aromatic N) is 2. The fourth-order valence-electron chi connectivity index (χ4n) is 2.13. The third-order valence-electron chi connectivity index (χ3n) is 3.21. The summed E-state index contributed by atoms with van der Waals surface area (Å²) >= 11 is 1.18. The zero-order chi connectivity index (χ0) is 14.5. The molecule has 0 aliphatic carbocycles. The first kappa shape index (κ1) is 14.5. The third-order valence-corrected chi connectivity index (χ3v) is 4.09. The molecule has 0 radical (unpaired) electrons. The van der Waals surface area contributed by atoms with Crippen LogP contribution in [0.15, 0.2) is 40.5 Å². The Morgan fingerprint density at radius 1 is 1.30 bits per heavy atom. The van der Waals surface area contributed by atoms with Crippen LogP contribution < -0.4 is 9.77 Å². The summed E-state index contributed by atoms with van der Waals surface area (Å²) in [6, 6.07) is 9.60. The van der Waals surface area contributed by atoms with Gasteiger partial charge >= 0.3 is 4.87 Å². The molecule has 5 heteroatoms. The molecule has 0 atom stereocenters. The second-order valence-electron chi connectivity index (χ2n) is 4.52. The lowest BCUT2D eigenvalue weighted by Gasteiger charge is -2.21. The quantitative estimate of drug-likeness (QED) is 0.849. The van der Waals surface area contributed by atoms with E-state index in [0.717, 1.165) is 11.4 Å². The van der Waals surface area contributed by atoms with Crippen molar-refractivity contribution in [1.82, 2.24) is 4.57 Å². The van der Waals surface area contributed by atoms with Crippen molar-refractivity contribution < 1.29 is 4.79 Å². The molecule has 1 heterocycles. The smallest absolute Gasteiger partial charge is 0.307 e. The molecule has 0 spiro atoms. The van der Waals surface area contributed by atoms with E-state index in [0.29, 0.717) is 19.5 Å². The van der Waals surface area contributed by atoms with Crippen molar-refractivity contribution in [3.8, 4) is 0 Å². The molecule has 0 saturated carbocycles. The number of para-hydroxylation sites is 1. The molecule has 0 saturated heterocycles.